The Morgan fingerprint density at radius 1 is 1.07 bits per heavy atom. The summed E-state index contributed by atoms with van der Waals surface area (Å²) in [5, 5.41) is 11.0. The van der Waals surface area contributed by atoms with Gasteiger partial charge in [0.2, 0.25) is 0 Å². The van der Waals surface area contributed by atoms with Gasteiger partial charge in [-0.2, -0.15) is 0 Å². The smallest absolute Gasteiger partial charge is 0.343 e. The molecule has 1 N–H and O–H groups in total. The molecule has 0 bridgehead atoms. The van der Waals surface area contributed by atoms with Crippen LogP contribution in [0.15, 0.2) is 37.9 Å². The van der Waals surface area contributed by atoms with E-state index in [4.69, 9.17) is 13.6 Å². The minimum absolute atomic E-state index is 0.0568. The van der Waals surface area contributed by atoms with Gasteiger partial charge in [-0.05, 0) is 56.9 Å². The van der Waals surface area contributed by atoms with E-state index in [-0.39, 0.29) is 17.1 Å². The third kappa shape index (κ3) is 4.19. The molecule has 3 aromatic rings. The molecule has 2 aromatic heterocycles. The van der Waals surface area contributed by atoms with Crippen molar-refractivity contribution in [2.75, 3.05) is 6.61 Å². The van der Waals surface area contributed by atoms with Crippen LogP contribution < -0.4 is 10.4 Å². The van der Waals surface area contributed by atoms with Crippen molar-refractivity contribution in [3.63, 3.8) is 0 Å². The van der Waals surface area contributed by atoms with E-state index in [1.54, 1.807) is 6.92 Å². The molecular weight excluding hydrogens is 368 g/mol. The molecule has 0 unspecified atom stereocenters. The van der Waals surface area contributed by atoms with E-state index in [0.717, 1.165) is 23.5 Å². The first kappa shape index (κ1) is 19.6. The number of hydrogen-bond acceptors (Lipinski definition) is 5. The van der Waals surface area contributed by atoms with Crippen LogP contribution in [0.4, 0.5) is 0 Å². The lowest BCUT2D eigenvalue weighted by Crippen LogP contribution is -2.08. The molecule has 1 fully saturated rings. The number of ether oxygens (including phenoxy) is 1. The van der Waals surface area contributed by atoms with E-state index in [1.807, 2.05) is 24.3 Å². The average Bonchev–Trinajstić information content (AvgIpc) is 3.16. The van der Waals surface area contributed by atoms with E-state index in [0.29, 0.717) is 23.5 Å². The van der Waals surface area contributed by atoms with Gasteiger partial charge >= 0.3 is 5.63 Å². The summed E-state index contributed by atoms with van der Waals surface area (Å²) in [5.41, 5.74) is 0.800. The molecule has 0 atom stereocenters. The van der Waals surface area contributed by atoms with Crippen LogP contribution >= 0.6 is 0 Å². The molecule has 1 aliphatic rings. The van der Waals surface area contributed by atoms with Gasteiger partial charge in [-0.25, -0.2) is 4.79 Å². The van der Waals surface area contributed by atoms with Gasteiger partial charge in [0.1, 0.15) is 17.1 Å². The molecule has 0 radical (unpaired) electrons. The first-order valence-corrected chi connectivity index (χ1v) is 10.5. The Labute approximate surface area is 170 Å². The quantitative estimate of drug-likeness (QED) is 0.509. The fourth-order valence-electron chi connectivity index (χ4n) is 4.23. The highest BCUT2D eigenvalue weighted by molar-refractivity contribution is 5.83. The summed E-state index contributed by atoms with van der Waals surface area (Å²) in [4.78, 5) is 11.9. The van der Waals surface area contributed by atoms with Crippen molar-refractivity contribution in [1.29, 1.82) is 0 Å². The second kappa shape index (κ2) is 8.36. The van der Waals surface area contributed by atoms with Crippen LogP contribution in [0, 0.1) is 19.8 Å². The summed E-state index contributed by atoms with van der Waals surface area (Å²) >= 11 is 0. The van der Waals surface area contributed by atoms with Gasteiger partial charge in [0.25, 0.3) is 0 Å². The van der Waals surface area contributed by atoms with Crippen molar-refractivity contribution in [2.24, 2.45) is 5.92 Å². The summed E-state index contributed by atoms with van der Waals surface area (Å²) in [6.07, 6.45) is 9.21. The minimum Gasteiger partial charge on any atom is -0.507 e. The largest absolute Gasteiger partial charge is 0.507 e. The van der Waals surface area contributed by atoms with E-state index in [2.05, 4.69) is 0 Å². The zero-order valence-corrected chi connectivity index (χ0v) is 17.1. The van der Waals surface area contributed by atoms with Crippen molar-refractivity contribution in [3.8, 4) is 23.0 Å². The predicted molar refractivity (Wildman–Crippen MR) is 113 cm³/mol. The maximum Gasteiger partial charge on any atom is 0.343 e. The summed E-state index contributed by atoms with van der Waals surface area (Å²) in [6.45, 7) is 3.95. The van der Waals surface area contributed by atoms with Crippen molar-refractivity contribution < 1.29 is 18.7 Å². The van der Waals surface area contributed by atoms with Gasteiger partial charge < -0.3 is 18.7 Å². The minimum atomic E-state index is -0.564. The van der Waals surface area contributed by atoms with Crippen LogP contribution in [0.25, 0.3) is 22.5 Å². The van der Waals surface area contributed by atoms with Crippen molar-refractivity contribution in [2.45, 2.75) is 58.8 Å². The van der Waals surface area contributed by atoms with Gasteiger partial charge in [-0.1, -0.05) is 32.1 Å². The van der Waals surface area contributed by atoms with Gasteiger partial charge in [-0.3, -0.25) is 0 Å². The number of furan rings is 1. The summed E-state index contributed by atoms with van der Waals surface area (Å²) < 4.78 is 17.2. The normalized spacial score (nSPS) is 15.1. The first-order valence-electron chi connectivity index (χ1n) is 10.5. The predicted octanol–water partition coefficient (Wildman–Crippen LogP) is 6.11. The Morgan fingerprint density at radius 3 is 2.66 bits per heavy atom. The Hall–Kier alpha value is -2.69. The molecular formula is C24H28O5. The SMILES string of the molecule is Cc1c(-c2cc3cc(OCCCC4CCCCC4)ccc3o2)oc(=O)c(C)c1O. The lowest BCUT2D eigenvalue weighted by molar-refractivity contribution is 0.269. The molecule has 1 aliphatic carbocycles. The van der Waals surface area contributed by atoms with Gasteiger partial charge in [-0.15, -0.1) is 0 Å². The maximum atomic E-state index is 11.9. The molecule has 0 saturated heterocycles. The standard InChI is InChI=1S/C24H28O5/c1-15-22(25)16(2)24(26)29-23(15)21-14-18-13-19(10-11-20(18)28-21)27-12-6-9-17-7-4-3-5-8-17/h10-11,13-14,17,25H,3-9,12H2,1-2H3. The lowest BCUT2D eigenvalue weighted by Gasteiger charge is -2.21. The molecule has 0 spiro atoms. The summed E-state index contributed by atoms with van der Waals surface area (Å²) in [5.74, 6) is 2.29. The molecule has 5 heteroatoms. The molecule has 0 amide bonds. The van der Waals surface area contributed by atoms with E-state index < -0.39 is 5.63 Å². The van der Waals surface area contributed by atoms with E-state index in [1.165, 1.54) is 45.4 Å². The van der Waals surface area contributed by atoms with Crippen molar-refractivity contribution in [1.82, 2.24) is 0 Å². The second-order valence-electron chi connectivity index (χ2n) is 8.12. The number of fused-ring (bicyclic) bond motifs is 1. The van der Waals surface area contributed by atoms with Gasteiger partial charge in [0, 0.05) is 10.9 Å². The highest BCUT2D eigenvalue weighted by Crippen LogP contribution is 2.34. The number of rotatable bonds is 6. The highest BCUT2D eigenvalue weighted by atomic mass is 16.5. The lowest BCUT2D eigenvalue weighted by atomic mass is 9.86. The zero-order valence-electron chi connectivity index (χ0n) is 17.1. The summed E-state index contributed by atoms with van der Waals surface area (Å²) in [6, 6.07) is 7.50. The Bertz CT molecular complexity index is 1050. The van der Waals surface area contributed by atoms with Crippen LogP contribution in [-0.2, 0) is 0 Å². The topological polar surface area (TPSA) is 72.8 Å². The Morgan fingerprint density at radius 2 is 1.86 bits per heavy atom. The molecule has 1 aromatic carbocycles. The molecule has 2 heterocycles. The zero-order chi connectivity index (χ0) is 20.4. The molecule has 0 aliphatic heterocycles. The van der Waals surface area contributed by atoms with Crippen LogP contribution in [0.3, 0.4) is 0 Å². The number of aromatic hydroxyl groups is 1. The van der Waals surface area contributed by atoms with E-state index >= 15 is 0 Å². The van der Waals surface area contributed by atoms with Crippen LogP contribution in [0.5, 0.6) is 11.5 Å². The fraction of sp³-hybridized carbons (Fsp3) is 0.458. The third-order valence-electron chi connectivity index (χ3n) is 6.01. The maximum absolute atomic E-state index is 11.9. The Balaban J connectivity index is 1.46. The fourth-order valence-corrected chi connectivity index (χ4v) is 4.23. The number of hydrogen-bond donors (Lipinski definition) is 1. The molecule has 4 rings (SSSR count). The van der Waals surface area contributed by atoms with Crippen molar-refractivity contribution in [3.05, 3.63) is 45.8 Å². The molecule has 154 valence electrons. The Kier molecular flexibility index (Phi) is 5.65. The molecule has 1 saturated carbocycles. The van der Waals surface area contributed by atoms with Crippen LogP contribution in [0.1, 0.15) is 56.1 Å². The monoisotopic (exact) mass is 396 g/mol. The van der Waals surface area contributed by atoms with Crippen molar-refractivity contribution >= 4 is 11.0 Å². The second-order valence-corrected chi connectivity index (χ2v) is 8.12. The molecule has 5 nitrogen and oxygen atoms in total. The van der Waals surface area contributed by atoms with Gasteiger partial charge in [0.05, 0.1) is 12.2 Å². The first-order chi connectivity index (χ1) is 14.0. The van der Waals surface area contributed by atoms with Crippen LogP contribution in [0.2, 0.25) is 0 Å². The summed E-state index contributed by atoms with van der Waals surface area (Å²) in [7, 11) is 0. The number of benzene rings is 1. The van der Waals surface area contributed by atoms with Crippen LogP contribution in [-0.4, -0.2) is 11.7 Å². The highest BCUT2D eigenvalue weighted by Gasteiger charge is 2.18. The van der Waals surface area contributed by atoms with Gasteiger partial charge in [0.15, 0.2) is 11.5 Å². The molecule has 29 heavy (non-hydrogen) atoms. The van der Waals surface area contributed by atoms with E-state index in [9.17, 15) is 9.90 Å². The average molecular weight is 396 g/mol. The third-order valence-corrected chi connectivity index (χ3v) is 6.01.